The first-order valence-electron chi connectivity index (χ1n) is 6.33. The van der Waals surface area contributed by atoms with Gasteiger partial charge in [0.1, 0.15) is 6.10 Å². The largest absolute Gasteiger partial charge is 0.493 e. The van der Waals surface area contributed by atoms with Crippen molar-refractivity contribution in [2.75, 3.05) is 27.2 Å². The lowest BCUT2D eigenvalue weighted by molar-refractivity contribution is 0.0355. The number of likely N-dealkylation sites (N-methyl/N-ethyl adjacent to an activating group) is 1. The molecule has 0 spiro atoms. The van der Waals surface area contributed by atoms with Gasteiger partial charge in [0, 0.05) is 28.7 Å². The summed E-state index contributed by atoms with van der Waals surface area (Å²) in [6.07, 6.45) is 0.209. The molecule has 0 bridgehead atoms. The molecule has 2 rings (SSSR count). The van der Waals surface area contributed by atoms with Crippen molar-refractivity contribution in [2.24, 2.45) is 5.73 Å². The number of methoxy groups -OCH3 is 1. The molecule has 19 heavy (non-hydrogen) atoms. The molecule has 0 aromatic heterocycles. The monoisotopic (exact) mass is 328 g/mol. The Morgan fingerprint density at radius 2 is 2.00 bits per heavy atom. The van der Waals surface area contributed by atoms with Gasteiger partial charge in [-0.25, -0.2) is 0 Å². The topological polar surface area (TPSA) is 47.7 Å². The van der Waals surface area contributed by atoms with Crippen molar-refractivity contribution in [1.29, 1.82) is 0 Å². The molecule has 4 nitrogen and oxygen atoms in total. The zero-order chi connectivity index (χ0) is 14.2. The number of hydrogen-bond donors (Lipinski definition) is 1. The summed E-state index contributed by atoms with van der Waals surface area (Å²) in [4.78, 5) is 2.21. The van der Waals surface area contributed by atoms with E-state index < -0.39 is 5.54 Å². The fraction of sp³-hybridized carbons (Fsp3) is 0.571. The maximum absolute atomic E-state index is 6.25. The molecule has 106 valence electrons. The van der Waals surface area contributed by atoms with E-state index in [0.29, 0.717) is 0 Å². The van der Waals surface area contributed by atoms with Crippen LogP contribution < -0.4 is 15.2 Å². The molecule has 1 aliphatic rings. The van der Waals surface area contributed by atoms with Gasteiger partial charge in [0.15, 0.2) is 11.5 Å². The normalized spacial score (nSPS) is 17.2. The van der Waals surface area contributed by atoms with Crippen molar-refractivity contribution in [3.63, 3.8) is 0 Å². The van der Waals surface area contributed by atoms with Crippen LogP contribution in [0.4, 0.5) is 0 Å². The number of ether oxygens (including phenoxy) is 2. The number of nitrogens with zero attached hydrogens (tertiary/aromatic N) is 1. The minimum Gasteiger partial charge on any atom is -0.493 e. The Bertz CT molecular complexity index is 465. The molecule has 0 aliphatic carbocycles. The van der Waals surface area contributed by atoms with E-state index in [4.69, 9.17) is 15.2 Å². The third kappa shape index (κ3) is 3.22. The molecule has 0 atom stereocenters. The average Bonchev–Trinajstić information content (AvgIpc) is 2.27. The zero-order valence-corrected chi connectivity index (χ0v) is 13.5. The fourth-order valence-corrected chi connectivity index (χ4v) is 2.64. The standard InChI is InChI=1S/C14H21BrN2O2/c1-14(2,16)11-5-9(15)6-12(18-4)13(11)19-10-7-17(3)8-10/h5-6,10H,7-8,16H2,1-4H3. The minimum absolute atomic E-state index is 0.209. The first-order chi connectivity index (χ1) is 8.81. The highest BCUT2D eigenvalue weighted by atomic mass is 79.9. The molecular weight excluding hydrogens is 308 g/mol. The summed E-state index contributed by atoms with van der Waals surface area (Å²) in [6.45, 7) is 5.80. The highest BCUT2D eigenvalue weighted by molar-refractivity contribution is 9.10. The van der Waals surface area contributed by atoms with Gasteiger partial charge >= 0.3 is 0 Å². The average molecular weight is 329 g/mol. The van der Waals surface area contributed by atoms with E-state index in [-0.39, 0.29) is 6.10 Å². The van der Waals surface area contributed by atoms with Crippen molar-refractivity contribution in [2.45, 2.75) is 25.5 Å². The molecule has 1 fully saturated rings. The fourth-order valence-electron chi connectivity index (χ4n) is 2.20. The summed E-state index contributed by atoms with van der Waals surface area (Å²) in [5.74, 6) is 1.48. The van der Waals surface area contributed by atoms with Gasteiger partial charge in [0.05, 0.1) is 7.11 Å². The number of rotatable bonds is 4. The summed E-state index contributed by atoms with van der Waals surface area (Å²) in [5.41, 5.74) is 6.71. The molecular formula is C14H21BrN2O2. The first-order valence-corrected chi connectivity index (χ1v) is 7.12. The van der Waals surface area contributed by atoms with E-state index in [1.54, 1.807) is 7.11 Å². The molecule has 0 amide bonds. The number of nitrogens with two attached hydrogens (primary N) is 1. The first kappa shape index (κ1) is 14.6. The van der Waals surface area contributed by atoms with Gasteiger partial charge in [-0.1, -0.05) is 15.9 Å². The maximum Gasteiger partial charge on any atom is 0.166 e. The highest BCUT2D eigenvalue weighted by Crippen LogP contribution is 2.40. The summed E-state index contributed by atoms with van der Waals surface area (Å²) < 4.78 is 12.5. The smallest absolute Gasteiger partial charge is 0.166 e. The van der Waals surface area contributed by atoms with Gasteiger partial charge in [-0.3, -0.25) is 4.90 Å². The summed E-state index contributed by atoms with van der Waals surface area (Å²) >= 11 is 3.49. The predicted molar refractivity (Wildman–Crippen MR) is 79.8 cm³/mol. The Morgan fingerprint density at radius 1 is 1.37 bits per heavy atom. The van der Waals surface area contributed by atoms with E-state index in [0.717, 1.165) is 34.6 Å². The predicted octanol–water partition coefficient (Wildman–Crippen LogP) is 2.34. The van der Waals surface area contributed by atoms with E-state index in [9.17, 15) is 0 Å². The van der Waals surface area contributed by atoms with Gasteiger partial charge in [-0.05, 0) is 33.0 Å². The van der Waals surface area contributed by atoms with Crippen LogP contribution in [0.25, 0.3) is 0 Å². The summed E-state index contributed by atoms with van der Waals surface area (Å²) in [6, 6.07) is 3.91. The molecule has 5 heteroatoms. The Kier molecular flexibility index (Phi) is 4.08. The van der Waals surface area contributed by atoms with Crippen molar-refractivity contribution >= 4 is 15.9 Å². The van der Waals surface area contributed by atoms with Crippen LogP contribution in [-0.2, 0) is 5.54 Å². The van der Waals surface area contributed by atoms with Crippen molar-refractivity contribution in [3.05, 3.63) is 22.2 Å². The molecule has 1 aliphatic heterocycles. The van der Waals surface area contributed by atoms with Crippen molar-refractivity contribution in [1.82, 2.24) is 4.90 Å². The van der Waals surface area contributed by atoms with Crippen LogP contribution in [-0.4, -0.2) is 38.3 Å². The highest BCUT2D eigenvalue weighted by Gasteiger charge is 2.30. The molecule has 1 saturated heterocycles. The Labute approximate surface area is 123 Å². The second-order valence-corrected chi connectivity index (χ2v) is 6.58. The molecule has 1 aromatic rings. The van der Waals surface area contributed by atoms with Crippen LogP contribution >= 0.6 is 15.9 Å². The SMILES string of the molecule is COc1cc(Br)cc(C(C)(C)N)c1OC1CN(C)C1. The van der Waals surface area contributed by atoms with E-state index >= 15 is 0 Å². The lowest BCUT2D eigenvalue weighted by Crippen LogP contribution is -2.51. The zero-order valence-electron chi connectivity index (χ0n) is 11.9. The lowest BCUT2D eigenvalue weighted by atomic mass is 9.94. The van der Waals surface area contributed by atoms with Crippen molar-refractivity contribution < 1.29 is 9.47 Å². The van der Waals surface area contributed by atoms with Crippen LogP contribution in [0, 0.1) is 0 Å². The molecule has 1 heterocycles. The summed E-state index contributed by atoms with van der Waals surface area (Å²) in [7, 11) is 3.72. The van der Waals surface area contributed by atoms with Crippen LogP contribution in [0.2, 0.25) is 0 Å². The Morgan fingerprint density at radius 3 is 2.47 bits per heavy atom. The van der Waals surface area contributed by atoms with E-state index in [1.165, 1.54) is 0 Å². The van der Waals surface area contributed by atoms with E-state index in [1.807, 2.05) is 26.0 Å². The van der Waals surface area contributed by atoms with Gasteiger partial charge in [-0.2, -0.15) is 0 Å². The van der Waals surface area contributed by atoms with Crippen LogP contribution in [0.15, 0.2) is 16.6 Å². The lowest BCUT2D eigenvalue weighted by Gasteiger charge is -2.37. The second-order valence-electron chi connectivity index (χ2n) is 5.67. The number of hydrogen-bond acceptors (Lipinski definition) is 4. The maximum atomic E-state index is 6.25. The number of likely N-dealkylation sites (tertiary alicyclic amines) is 1. The Balaban J connectivity index is 2.37. The molecule has 2 N–H and O–H groups in total. The third-order valence-electron chi connectivity index (χ3n) is 3.25. The van der Waals surface area contributed by atoms with Crippen LogP contribution in [0.5, 0.6) is 11.5 Å². The van der Waals surface area contributed by atoms with Gasteiger partial charge < -0.3 is 15.2 Å². The quantitative estimate of drug-likeness (QED) is 0.921. The van der Waals surface area contributed by atoms with Crippen LogP contribution in [0.1, 0.15) is 19.4 Å². The Hall–Kier alpha value is -0.780. The second kappa shape index (κ2) is 5.31. The number of halogens is 1. The third-order valence-corrected chi connectivity index (χ3v) is 3.71. The number of benzene rings is 1. The van der Waals surface area contributed by atoms with Gasteiger partial charge in [0.25, 0.3) is 0 Å². The molecule has 1 aromatic carbocycles. The van der Waals surface area contributed by atoms with Crippen molar-refractivity contribution in [3.8, 4) is 11.5 Å². The van der Waals surface area contributed by atoms with Gasteiger partial charge in [-0.15, -0.1) is 0 Å². The summed E-state index contributed by atoms with van der Waals surface area (Å²) in [5, 5.41) is 0. The van der Waals surface area contributed by atoms with Gasteiger partial charge in [0.2, 0.25) is 0 Å². The molecule has 0 radical (unpaired) electrons. The van der Waals surface area contributed by atoms with E-state index in [2.05, 4.69) is 27.9 Å². The molecule has 0 saturated carbocycles. The van der Waals surface area contributed by atoms with Crippen LogP contribution in [0.3, 0.4) is 0 Å². The minimum atomic E-state index is -0.484. The molecule has 0 unspecified atom stereocenters.